The van der Waals surface area contributed by atoms with Crippen LogP contribution in [0.2, 0.25) is 0 Å². The number of rotatable bonds is 3. The molecule has 0 fully saturated rings. The second-order valence-electron chi connectivity index (χ2n) is 4.16. The summed E-state index contributed by atoms with van der Waals surface area (Å²) < 4.78 is 32.4. The van der Waals surface area contributed by atoms with E-state index in [1.807, 2.05) is 0 Å². The summed E-state index contributed by atoms with van der Waals surface area (Å²) in [6.45, 7) is 0. The van der Waals surface area contributed by atoms with E-state index in [4.69, 9.17) is 5.73 Å². The predicted octanol–water partition coefficient (Wildman–Crippen LogP) is 3.84. The van der Waals surface area contributed by atoms with E-state index >= 15 is 0 Å². The molecule has 21 heavy (non-hydrogen) atoms. The number of carbonyl (C=O) groups excluding carboxylic acids is 1. The van der Waals surface area contributed by atoms with Gasteiger partial charge in [0.2, 0.25) is 0 Å². The molecule has 0 atom stereocenters. The number of hydrogen-bond acceptors (Lipinski definition) is 4. The highest BCUT2D eigenvalue weighted by Crippen LogP contribution is 2.30. The first kappa shape index (κ1) is 15.2. The third-order valence-electron chi connectivity index (χ3n) is 2.74. The van der Waals surface area contributed by atoms with Crippen LogP contribution in [0, 0.1) is 11.6 Å². The number of ether oxygens (including phenoxy) is 1. The lowest BCUT2D eigenvalue weighted by molar-refractivity contribution is 0.0601. The van der Waals surface area contributed by atoms with Gasteiger partial charge >= 0.3 is 5.97 Å². The van der Waals surface area contributed by atoms with E-state index in [0.717, 1.165) is 12.1 Å². The molecular weight excluding hydrogens is 346 g/mol. The molecule has 7 heteroatoms. The molecule has 2 aromatic rings. The van der Waals surface area contributed by atoms with Crippen molar-refractivity contribution in [1.29, 1.82) is 0 Å². The van der Waals surface area contributed by atoms with Crippen molar-refractivity contribution in [1.82, 2.24) is 0 Å². The normalized spacial score (nSPS) is 10.3. The van der Waals surface area contributed by atoms with Crippen molar-refractivity contribution in [3.63, 3.8) is 0 Å². The first-order valence-electron chi connectivity index (χ1n) is 5.81. The van der Waals surface area contributed by atoms with E-state index in [0.29, 0.717) is 0 Å². The highest BCUT2D eigenvalue weighted by Gasteiger charge is 2.14. The number of benzene rings is 2. The van der Waals surface area contributed by atoms with E-state index < -0.39 is 17.6 Å². The van der Waals surface area contributed by atoms with E-state index in [9.17, 15) is 13.6 Å². The maximum absolute atomic E-state index is 13.8. The zero-order chi connectivity index (χ0) is 15.6. The quantitative estimate of drug-likeness (QED) is 0.647. The van der Waals surface area contributed by atoms with Crippen LogP contribution in [-0.4, -0.2) is 13.1 Å². The van der Waals surface area contributed by atoms with Crippen molar-refractivity contribution in [3.8, 4) is 0 Å². The molecule has 0 aromatic heterocycles. The van der Waals surface area contributed by atoms with Gasteiger partial charge in [-0.2, -0.15) is 0 Å². The van der Waals surface area contributed by atoms with E-state index in [1.165, 1.54) is 25.3 Å². The van der Waals surface area contributed by atoms with Gasteiger partial charge in [0.1, 0.15) is 5.69 Å². The molecule has 4 nitrogen and oxygen atoms in total. The first-order valence-corrected chi connectivity index (χ1v) is 6.61. The SMILES string of the molecule is COC(=O)c1ccc(N)c(Nc2c(F)cc(Br)cc2F)c1. The second kappa shape index (κ2) is 6.09. The predicted molar refractivity (Wildman–Crippen MR) is 79.5 cm³/mol. The number of halogens is 3. The molecule has 0 amide bonds. The lowest BCUT2D eigenvalue weighted by atomic mass is 10.1. The summed E-state index contributed by atoms with van der Waals surface area (Å²) in [4.78, 5) is 11.5. The fourth-order valence-electron chi connectivity index (χ4n) is 1.71. The number of carbonyl (C=O) groups is 1. The van der Waals surface area contributed by atoms with Gasteiger partial charge in [-0.15, -0.1) is 0 Å². The number of esters is 1. The molecular formula is C14H11BrF2N2O2. The average Bonchev–Trinajstić information content (AvgIpc) is 2.43. The molecule has 110 valence electrons. The van der Waals surface area contributed by atoms with Crippen molar-refractivity contribution in [2.75, 3.05) is 18.2 Å². The fraction of sp³-hybridized carbons (Fsp3) is 0.0714. The van der Waals surface area contributed by atoms with Gasteiger partial charge in [-0.1, -0.05) is 15.9 Å². The Labute approximate surface area is 128 Å². The third kappa shape index (κ3) is 3.30. The Morgan fingerprint density at radius 1 is 1.24 bits per heavy atom. The summed E-state index contributed by atoms with van der Waals surface area (Å²) >= 11 is 2.99. The van der Waals surface area contributed by atoms with Crippen LogP contribution in [0.4, 0.5) is 25.8 Å². The van der Waals surface area contributed by atoms with Crippen LogP contribution in [0.1, 0.15) is 10.4 Å². The summed E-state index contributed by atoms with van der Waals surface area (Å²) in [6, 6.07) is 6.50. The minimum atomic E-state index is -0.787. The highest BCUT2D eigenvalue weighted by atomic mass is 79.9. The number of hydrogen-bond donors (Lipinski definition) is 2. The summed E-state index contributed by atoms with van der Waals surface area (Å²) in [5.41, 5.74) is 6.05. The molecule has 2 aromatic carbocycles. The highest BCUT2D eigenvalue weighted by molar-refractivity contribution is 9.10. The maximum Gasteiger partial charge on any atom is 0.337 e. The van der Waals surface area contributed by atoms with Gasteiger partial charge in [0, 0.05) is 4.47 Å². The molecule has 3 N–H and O–H groups in total. The molecule has 0 spiro atoms. The Kier molecular flexibility index (Phi) is 4.42. The molecule has 0 aliphatic heterocycles. The number of nitrogen functional groups attached to an aromatic ring is 1. The van der Waals surface area contributed by atoms with Crippen molar-refractivity contribution in [3.05, 3.63) is 52.0 Å². The summed E-state index contributed by atoms with van der Waals surface area (Å²) in [5, 5.41) is 2.55. The Hall–Kier alpha value is -2.15. The molecule has 0 bridgehead atoms. The van der Waals surface area contributed by atoms with Gasteiger partial charge in [0.25, 0.3) is 0 Å². The lowest BCUT2D eigenvalue weighted by Gasteiger charge is -2.12. The minimum Gasteiger partial charge on any atom is -0.465 e. The van der Waals surface area contributed by atoms with Gasteiger partial charge in [0.15, 0.2) is 11.6 Å². The van der Waals surface area contributed by atoms with Gasteiger partial charge in [-0.25, -0.2) is 13.6 Å². The summed E-state index contributed by atoms with van der Waals surface area (Å²) in [5.74, 6) is -2.15. The largest absolute Gasteiger partial charge is 0.465 e. The van der Waals surface area contributed by atoms with Gasteiger partial charge in [-0.05, 0) is 30.3 Å². The molecule has 0 unspecified atom stereocenters. The third-order valence-corrected chi connectivity index (χ3v) is 3.20. The van der Waals surface area contributed by atoms with Crippen molar-refractivity contribution < 1.29 is 18.3 Å². The molecule has 0 radical (unpaired) electrons. The topological polar surface area (TPSA) is 64.3 Å². The van der Waals surface area contributed by atoms with Crippen molar-refractivity contribution in [2.24, 2.45) is 0 Å². The smallest absolute Gasteiger partial charge is 0.337 e. The molecule has 2 rings (SSSR count). The minimum absolute atomic E-state index is 0.207. The van der Waals surface area contributed by atoms with Crippen LogP contribution >= 0.6 is 15.9 Å². The molecule has 0 aliphatic rings. The Morgan fingerprint density at radius 2 is 1.86 bits per heavy atom. The molecule has 0 heterocycles. The van der Waals surface area contributed by atoms with E-state index in [1.54, 1.807) is 0 Å². The van der Waals surface area contributed by atoms with Crippen LogP contribution in [0.25, 0.3) is 0 Å². The van der Waals surface area contributed by atoms with E-state index in [2.05, 4.69) is 26.0 Å². The monoisotopic (exact) mass is 356 g/mol. The van der Waals surface area contributed by atoms with Crippen LogP contribution < -0.4 is 11.1 Å². The Balaban J connectivity index is 2.42. The zero-order valence-corrected chi connectivity index (χ0v) is 12.5. The van der Waals surface area contributed by atoms with Gasteiger partial charge < -0.3 is 15.8 Å². The number of anilines is 3. The van der Waals surface area contributed by atoms with Crippen LogP contribution in [0.3, 0.4) is 0 Å². The molecule has 0 aliphatic carbocycles. The van der Waals surface area contributed by atoms with Crippen LogP contribution in [0.15, 0.2) is 34.8 Å². The molecule has 0 saturated heterocycles. The summed E-state index contributed by atoms with van der Waals surface area (Å²) in [6.07, 6.45) is 0. The van der Waals surface area contributed by atoms with Crippen LogP contribution in [0.5, 0.6) is 0 Å². The fourth-order valence-corrected chi connectivity index (χ4v) is 2.11. The van der Waals surface area contributed by atoms with E-state index in [-0.39, 0.29) is 27.1 Å². The standard InChI is InChI=1S/C14H11BrF2N2O2/c1-21-14(20)7-2-3-11(18)12(4-7)19-13-9(16)5-8(15)6-10(13)17/h2-6,19H,18H2,1H3. The lowest BCUT2D eigenvalue weighted by Crippen LogP contribution is -2.05. The second-order valence-corrected chi connectivity index (χ2v) is 5.08. The Bertz CT molecular complexity index is 684. The zero-order valence-electron chi connectivity index (χ0n) is 10.9. The Morgan fingerprint density at radius 3 is 2.43 bits per heavy atom. The summed E-state index contributed by atoms with van der Waals surface area (Å²) in [7, 11) is 1.24. The number of nitrogens with one attached hydrogen (secondary N) is 1. The average molecular weight is 357 g/mol. The maximum atomic E-state index is 13.8. The number of nitrogens with two attached hydrogens (primary N) is 1. The van der Waals surface area contributed by atoms with Crippen molar-refractivity contribution in [2.45, 2.75) is 0 Å². The molecule has 0 saturated carbocycles. The van der Waals surface area contributed by atoms with Gasteiger partial charge in [-0.3, -0.25) is 0 Å². The van der Waals surface area contributed by atoms with Crippen LogP contribution in [-0.2, 0) is 4.74 Å². The number of methoxy groups -OCH3 is 1. The van der Waals surface area contributed by atoms with Gasteiger partial charge in [0.05, 0.1) is 24.0 Å². The first-order chi connectivity index (χ1) is 9.92. The van der Waals surface area contributed by atoms with Crippen molar-refractivity contribution >= 4 is 39.0 Å².